The fourth-order valence-corrected chi connectivity index (χ4v) is 3.45. The maximum absolute atomic E-state index is 12.6. The lowest BCUT2D eigenvalue weighted by atomic mass is 10.1. The van der Waals surface area contributed by atoms with Gasteiger partial charge in [-0.15, -0.1) is 0 Å². The lowest BCUT2D eigenvalue weighted by molar-refractivity contribution is 0.293. The molecule has 140 valence electrons. The molecule has 0 saturated heterocycles. The van der Waals surface area contributed by atoms with Gasteiger partial charge in [-0.2, -0.15) is 0 Å². The number of ether oxygens (including phenoxy) is 1. The monoisotopic (exact) mass is 421 g/mol. The van der Waals surface area contributed by atoms with Crippen molar-refractivity contribution in [2.75, 3.05) is 0 Å². The van der Waals surface area contributed by atoms with E-state index in [2.05, 4.69) is 0 Å². The molecule has 2 aromatic carbocycles. The summed E-state index contributed by atoms with van der Waals surface area (Å²) in [5.41, 5.74) is 2.60. The van der Waals surface area contributed by atoms with Gasteiger partial charge in [-0.05, 0) is 37.1 Å². The quantitative estimate of drug-likeness (QED) is 0.492. The summed E-state index contributed by atoms with van der Waals surface area (Å²) in [6.45, 7) is 2.60. The molecule has 0 atom stereocenters. The first-order chi connectivity index (χ1) is 13.0. The Morgan fingerprint density at radius 1 is 0.926 bits per heavy atom. The molecule has 0 bridgehead atoms. The summed E-state index contributed by atoms with van der Waals surface area (Å²) < 4.78 is 7.36. The average Bonchev–Trinajstić information content (AvgIpc) is 2.65. The van der Waals surface area contributed by atoms with E-state index in [0.29, 0.717) is 34.5 Å². The van der Waals surface area contributed by atoms with E-state index in [1.165, 1.54) is 11.6 Å². The Morgan fingerprint density at radius 2 is 1.63 bits per heavy atom. The predicted octanol–water partition coefficient (Wildman–Crippen LogP) is 5.94. The van der Waals surface area contributed by atoms with E-state index in [4.69, 9.17) is 39.5 Å². The molecule has 0 aliphatic carbocycles. The number of para-hydroxylation sites is 1. The van der Waals surface area contributed by atoms with Crippen molar-refractivity contribution in [2.24, 2.45) is 0 Å². The Hall–Kier alpha value is -1.94. The van der Waals surface area contributed by atoms with E-state index in [-0.39, 0.29) is 17.2 Å². The minimum absolute atomic E-state index is 0.0883. The van der Waals surface area contributed by atoms with Gasteiger partial charge in [0.25, 0.3) is 5.56 Å². The van der Waals surface area contributed by atoms with E-state index in [0.717, 1.165) is 5.56 Å². The van der Waals surface area contributed by atoms with Crippen LogP contribution in [0, 0.1) is 6.92 Å². The van der Waals surface area contributed by atoms with E-state index >= 15 is 0 Å². The Kier molecular flexibility index (Phi) is 6.48. The molecule has 27 heavy (non-hydrogen) atoms. The number of halogens is 3. The van der Waals surface area contributed by atoms with Crippen molar-refractivity contribution in [3.63, 3.8) is 0 Å². The summed E-state index contributed by atoms with van der Waals surface area (Å²) in [5, 5.41) is 0.970. The minimum atomic E-state index is -0.286. The summed E-state index contributed by atoms with van der Waals surface area (Å²) in [6.07, 6.45) is 0.677. The number of aromatic nitrogens is 1. The molecule has 0 saturated carbocycles. The zero-order valence-electron chi connectivity index (χ0n) is 14.7. The van der Waals surface area contributed by atoms with Gasteiger partial charge in [-0.3, -0.25) is 4.79 Å². The average molecular weight is 423 g/mol. The largest absolute Gasteiger partial charge is 0.486 e. The SMILES string of the molecule is Cc1ccc(CCn2c(COc3ccccc3Cl)c(Cl)cc(Cl)c2=O)cc1. The lowest BCUT2D eigenvalue weighted by Gasteiger charge is -2.16. The molecule has 0 aliphatic rings. The van der Waals surface area contributed by atoms with Crippen molar-refractivity contribution in [2.45, 2.75) is 26.5 Å². The van der Waals surface area contributed by atoms with Gasteiger partial charge in [0.15, 0.2) is 0 Å². The van der Waals surface area contributed by atoms with Gasteiger partial charge in [0.2, 0.25) is 0 Å². The molecule has 0 amide bonds. The molecule has 0 spiro atoms. The van der Waals surface area contributed by atoms with Crippen LogP contribution in [0.5, 0.6) is 5.75 Å². The third-order valence-electron chi connectivity index (χ3n) is 4.25. The highest BCUT2D eigenvalue weighted by atomic mass is 35.5. The van der Waals surface area contributed by atoms with Crippen molar-refractivity contribution in [3.05, 3.63) is 96.8 Å². The van der Waals surface area contributed by atoms with Gasteiger partial charge >= 0.3 is 0 Å². The molecule has 0 aliphatic heterocycles. The minimum Gasteiger partial charge on any atom is -0.486 e. The first-order valence-corrected chi connectivity index (χ1v) is 9.59. The molecule has 1 heterocycles. The number of rotatable bonds is 6. The number of aryl methyl sites for hydroxylation is 2. The molecular weight excluding hydrogens is 405 g/mol. The maximum atomic E-state index is 12.6. The highest BCUT2D eigenvalue weighted by molar-refractivity contribution is 6.34. The molecule has 0 N–H and O–H groups in total. The Morgan fingerprint density at radius 3 is 2.33 bits per heavy atom. The van der Waals surface area contributed by atoms with Crippen LogP contribution in [0.4, 0.5) is 0 Å². The summed E-state index contributed by atoms with van der Waals surface area (Å²) in [7, 11) is 0. The fraction of sp³-hybridized carbons (Fsp3) is 0.190. The van der Waals surface area contributed by atoms with Crippen LogP contribution in [0.3, 0.4) is 0 Å². The molecule has 3 nitrogen and oxygen atoms in total. The summed E-state index contributed by atoms with van der Waals surface area (Å²) in [6, 6.07) is 16.8. The molecule has 3 rings (SSSR count). The van der Waals surface area contributed by atoms with Crippen LogP contribution in [0.25, 0.3) is 0 Å². The molecule has 1 aromatic heterocycles. The number of benzene rings is 2. The molecule has 0 fully saturated rings. The number of nitrogens with zero attached hydrogens (tertiary/aromatic N) is 1. The second kappa shape index (κ2) is 8.83. The predicted molar refractivity (Wildman–Crippen MR) is 111 cm³/mol. The smallest absolute Gasteiger partial charge is 0.269 e. The number of hydrogen-bond donors (Lipinski definition) is 0. The zero-order valence-corrected chi connectivity index (χ0v) is 17.0. The van der Waals surface area contributed by atoms with Crippen LogP contribution in [-0.4, -0.2) is 4.57 Å². The summed E-state index contributed by atoms with van der Waals surface area (Å²) >= 11 is 18.5. The Labute approximate surface area is 173 Å². The molecular formula is C21H18Cl3NO2. The van der Waals surface area contributed by atoms with Gasteiger partial charge in [-0.1, -0.05) is 76.8 Å². The zero-order chi connectivity index (χ0) is 19.4. The first-order valence-electron chi connectivity index (χ1n) is 8.46. The Bertz CT molecular complexity index is 997. The second-order valence-electron chi connectivity index (χ2n) is 6.20. The molecule has 0 unspecified atom stereocenters. The summed E-state index contributed by atoms with van der Waals surface area (Å²) in [5.74, 6) is 0.530. The van der Waals surface area contributed by atoms with Gasteiger partial charge in [0.05, 0.1) is 15.7 Å². The standard InChI is InChI=1S/C21H18Cl3NO2/c1-14-6-8-15(9-7-14)10-11-25-19(17(23)12-18(24)21(25)26)13-27-20-5-3-2-4-16(20)22/h2-9,12H,10-11,13H2,1H3. The third kappa shape index (κ3) is 4.86. The van der Waals surface area contributed by atoms with Crippen molar-refractivity contribution in [1.82, 2.24) is 4.57 Å². The van der Waals surface area contributed by atoms with Crippen LogP contribution in [0.2, 0.25) is 15.1 Å². The highest BCUT2D eigenvalue weighted by Gasteiger charge is 2.14. The van der Waals surface area contributed by atoms with Gasteiger partial charge in [0.1, 0.15) is 17.4 Å². The van der Waals surface area contributed by atoms with Gasteiger partial charge in [-0.25, -0.2) is 0 Å². The van der Waals surface area contributed by atoms with Crippen LogP contribution >= 0.6 is 34.8 Å². The lowest BCUT2D eigenvalue weighted by Crippen LogP contribution is -2.26. The van der Waals surface area contributed by atoms with Crippen molar-refractivity contribution < 1.29 is 4.74 Å². The first kappa shape index (κ1) is 19.8. The molecule has 3 aromatic rings. The number of hydrogen-bond acceptors (Lipinski definition) is 2. The van der Waals surface area contributed by atoms with Gasteiger partial charge in [0, 0.05) is 6.54 Å². The molecule has 0 radical (unpaired) electrons. The Balaban J connectivity index is 1.86. The fourth-order valence-electron chi connectivity index (χ4n) is 2.72. The van der Waals surface area contributed by atoms with E-state index < -0.39 is 0 Å². The van der Waals surface area contributed by atoms with E-state index in [9.17, 15) is 4.79 Å². The van der Waals surface area contributed by atoms with Crippen molar-refractivity contribution in [3.8, 4) is 5.75 Å². The third-order valence-corrected chi connectivity index (χ3v) is 5.16. The van der Waals surface area contributed by atoms with Crippen LogP contribution in [-0.2, 0) is 19.6 Å². The van der Waals surface area contributed by atoms with Crippen LogP contribution in [0.15, 0.2) is 59.4 Å². The number of pyridine rings is 1. The normalized spacial score (nSPS) is 10.8. The summed E-state index contributed by atoms with van der Waals surface area (Å²) in [4.78, 5) is 12.6. The van der Waals surface area contributed by atoms with E-state index in [1.54, 1.807) is 16.7 Å². The van der Waals surface area contributed by atoms with Crippen LogP contribution < -0.4 is 10.3 Å². The van der Waals surface area contributed by atoms with Crippen molar-refractivity contribution >= 4 is 34.8 Å². The maximum Gasteiger partial charge on any atom is 0.269 e. The van der Waals surface area contributed by atoms with Gasteiger partial charge < -0.3 is 9.30 Å². The van der Waals surface area contributed by atoms with E-state index in [1.807, 2.05) is 43.3 Å². The second-order valence-corrected chi connectivity index (χ2v) is 7.42. The van der Waals surface area contributed by atoms with Crippen molar-refractivity contribution in [1.29, 1.82) is 0 Å². The highest BCUT2D eigenvalue weighted by Crippen LogP contribution is 2.26. The topological polar surface area (TPSA) is 31.2 Å². The van der Waals surface area contributed by atoms with Crippen LogP contribution in [0.1, 0.15) is 16.8 Å². The molecule has 6 heteroatoms.